The van der Waals surface area contributed by atoms with Crippen LogP contribution >= 0.6 is 0 Å². The smallest absolute Gasteiger partial charge is 0.309 e. The first-order valence-corrected chi connectivity index (χ1v) is 5.40. The highest BCUT2D eigenvalue weighted by Crippen LogP contribution is 2.40. The van der Waals surface area contributed by atoms with Crippen molar-refractivity contribution in [3.05, 3.63) is 0 Å². The molecule has 0 aromatic heterocycles. The second-order valence-electron chi connectivity index (χ2n) is 4.81. The molecule has 0 aromatic rings. The molecule has 1 atom stereocenters. The average Bonchev–Trinajstić information content (AvgIpc) is 2.84. The molecule has 2 N–H and O–H groups in total. The third-order valence-corrected chi connectivity index (χ3v) is 2.68. The van der Waals surface area contributed by atoms with E-state index in [-0.39, 0.29) is 11.9 Å². The fraction of sp³-hybridized carbons (Fsp3) is 0.818. The molecule has 1 rings (SSSR count). The molecule has 0 saturated heterocycles. The predicted molar refractivity (Wildman–Crippen MR) is 55.9 cm³/mol. The molecule has 0 radical (unpaired) electrons. The maximum Gasteiger partial charge on any atom is 0.309 e. The second kappa shape index (κ2) is 4.21. The number of carbonyl (C=O) groups excluding carboxylic acids is 2. The maximum absolute atomic E-state index is 11.6. The molecule has 0 bridgehead atoms. The zero-order chi connectivity index (χ0) is 11.6. The lowest BCUT2D eigenvalue weighted by atomic mass is 9.99. The van der Waals surface area contributed by atoms with Crippen molar-refractivity contribution in [1.82, 2.24) is 0 Å². The Hall–Kier alpha value is -1.06. The molecule has 1 aliphatic rings. The summed E-state index contributed by atoms with van der Waals surface area (Å²) < 4.78 is 5.16. The fourth-order valence-corrected chi connectivity index (χ4v) is 1.61. The highest BCUT2D eigenvalue weighted by Gasteiger charge is 2.53. The van der Waals surface area contributed by atoms with E-state index in [0.29, 0.717) is 18.8 Å². The van der Waals surface area contributed by atoms with Crippen LogP contribution in [0.1, 0.15) is 40.0 Å². The zero-order valence-electron chi connectivity index (χ0n) is 9.58. The highest BCUT2D eigenvalue weighted by molar-refractivity contribution is 5.89. The van der Waals surface area contributed by atoms with Crippen LogP contribution in [0.5, 0.6) is 0 Å². The van der Waals surface area contributed by atoms with Crippen LogP contribution in [0.4, 0.5) is 0 Å². The first kappa shape index (κ1) is 12.0. The fourth-order valence-electron chi connectivity index (χ4n) is 1.61. The summed E-state index contributed by atoms with van der Waals surface area (Å²) in [4.78, 5) is 22.6. The Labute approximate surface area is 90.2 Å². The largest absolute Gasteiger partial charge is 0.449 e. The highest BCUT2D eigenvalue weighted by atomic mass is 16.6. The van der Waals surface area contributed by atoms with E-state index in [1.807, 2.05) is 20.8 Å². The van der Waals surface area contributed by atoms with Gasteiger partial charge in [-0.25, -0.2) is 0 Å². The van der Waals surface area contributed by atoms with Crippen LogP contribution in [0.2, 0.25) is 0 Å². The van der Waals surface area contributed by atoms with E-state index in [1.165, 1.54) is 0 Å². The van der Waals surface area contributed by atoms with Crippen LogP contribution in [-0.4, -0.2) is 17.5 Å². The lowest BCUT2D eigenvalue weighted by Crippen LogP contribution is -2.36. The van der Waals surface area contributed by atoms with E-state index >= 15 is 0 Å². The van der Waals surface area contributed by atoms with E-state index < -0.39 is 11.5 Å². The van der Waals surface area contributed by atoms with Gasteiger partial charge in [0.2, 0.25) is 0 Å². The van der Waals surface area contributed by atoms with E-state index in [2.05, 4.69) is 0 Å². The predicted octanol–water partition coefficient (Wildman–Crippen LogP) is 1.23. The van der Waals surface area contributed by atoms with Crippen molar-refractivity contribution in [2.45, 2.75) is 45.6 Å². The van der Waals surface area contributed by atoms with Crippen LogP contribution in [0.15, 0.2) is 0 Å². The van der Waals surface area contributed by atoms with Crippen LogP contribution < -0.4 is 5.73 Å². The number of amides is 1. The normalized spacial score (nSPS) is 19.7. The summed E-state index contributed by atoms with van der Waals surface area (Å²) in [6.07, 6.45) is 1.92. The number of carbonyl (C=O) groups is 2. The van der Waals surface area contributed by atoms with Crippen molar-refractivity contribution >= 4 is 11.9 Å². The van der Waals surface area contributed by atoms with Gasteiger partial charge in [-0.1, -0.05) is 20.8 Å². The second-order valence-corrected chi connectivity index (χ2v) is 4.81. The Morgan fingerprint density at radius 2 is 1.87 bits per heavy atom. The first-order chi connectivity index (χ1) is 6.87. The van der Waals surface area contributed by atoms with Gasteiger partial charge in [0, 0.05) is 12.8 Å². The Balaban J connectivity index is 2.45. The number of primary amides is 1. The molecule has 1 fully saturated rings. The maximum atomic E-state index is 11.6. The molecular weight excluding hydrogens is 194 g/mol. The van der Waals surface area contributed by atoms with Crippen molar-refractivity contribution in [2.75, 3.05) is 0 Å². The molecule has 1 aliphatic carbocycles. The molecule has 0 heterocycles. The van der Waals surface area contributed by atoms with Crippen LogP contribution in [0, 0.1) is 11.8 Å². The number of esters is 1. The minimum atomic E-state index is -0.970. The summed E-state index contributed by atoms with van der Waals surface area (Å²) >= 11 is 0. The monoisotopic (exact) mass is 213 g/mol. The molecule has 86 valence electrons. The van der Waals surface area contributed by atoms with Gasteiger partial charge in [-0.15, -0.1) is 0 Å². The van der Waals surface area contributed by atoms with Crippen molar-refractivity contribution < 1.29 is 14.3 Å². The van der Waals surface area contributed by atoms with Gasteiger partial charge in [0.25, 0.3) is 5.91 Å². The lowest BCUT2D eigenvalue weighted by Gasteiger charge is -2.17. The molecule has 0 spiro atoms. The number of rotatable bonds is 5. The van der Waals surface area contributed by atoms with E-state index in [4.69, 9.17) is 10.5 Å². The SMILES string of the molecule is CC(C)CC(C)C(=O)OC1(C(N)=O)CC1. The quantitative estimate of drug-likeness (QED) is 0.698. The van der Waals surface area contributed by atoms with Crippen molar-refractivity contribution in [3.63, 3.8) is 0 Å². The first-order valence-electron chi connectivity index (χ1n) is 5.40. The average molecular weight is 213 g/mol. The van der Waals surface area contributed by atoms with Gasteiger partial charge in [0.15, 0.2) is 5.60 Å². The third kappa shape index (κ3) is 2.94. The summed E-state index contributed by atoms with van der Waals surface area (Å²) in [5.74, 6) is -0.550. The Kier molecular flexibility index (Phi) is 3.37. The molecule has 0 aliphatic heterocycles. The lowest BCUT2D eigenvalue weighted by molar-refractivity contribution is -0.161. The Bertz CT molecular complexity index is 269. The molecule has 15 heavy (non-hydrogen) atoms. The minimum Gasteiger partial charge on any atom is -0.449 e. The topological polar surface area (TPSA) is 69.4 Å². The molecule has 4 heteroatoms. The molecule has 1 saturated carbocycles. The van der Waals surface area contributed by atoms with Gasteiger partial charge in [-0.3, -0.25) is 9.59 Å². The standard InChI is InChI=1S/C11H19NO3/c1-7(2)6-8(3)9(13)15-11(4-5-11)10(12)14/h7-8H,4-6H2,1-3H3,(H2,12,14). The van der Waals surface area contributed by atoms with Gasteiger partial charge in [-0.05, 0) is 12.3 Å². The van der Waals surface area contributed by atoms with Crippen molar-refractivity contribution in [3.8, 4) is 0 Å². The van der Waals surface area contributed by atoms with Crippen molar-refractivity contribution in [1.29, 1.82) is 0 Å². The van der Waals surface area contributed by atoms with E-state index in [9.17, 15) is 9.59 Å². The Morgan fingerprint density at radius 3 is 2.20 bits per heavy atom. The van der Waals surface area contributed by atoms with Gasteiger partial charge in [-0.2, -0.15) is 0 Å². The summed E-state index contributed by atoms with van der Waals surface area (Å²) in [5, 5.41) is 0. The molecule has 4 nitrogen and oxygen atoms in total. The summed E-state index contributed by atoms with van der Waals surface area (Å²) in [6, 6.07) is 0. The Morgan fingerprint density at radius 1 is 1.33 bits per heavy atom. The third-order valence-electron chi connectivity index (χ3n) is 2.68. The van der Waals surface area contributed by atoms with Crippen LogP contribution in [0.3, 0.4) is 0 Å². The summed E-state index contributed by atoms with van der Waals surface area (Å²) in [5.41, 5.74) is 4.20. The molecule has 0 aromatic carbocycles. The summed E-state index contributed by atoms with van der Waals surface area (Å²) in [6.45, 7) is 5.91. The zero-order valence-corrected chi connectivity index (χ0v) is 9.58. The molecule has 1 amide bonds. The van der Waals surface area contributed by atoms with Crippen molar-refractivity contribution in [2.24, 2.45) is 17.6 Å². The van der Waals surface area contributed by atoms with E-state index in [1.54, 1.807) is 0 Å². The number of hydrogen-bond donors (Lipinski definition) is 1. The number of nitrogens with two attached hydrogens (primary N) is 1. The van der Waals surface area contributed by atoms with Gasteiger partial charge < -0.3 is 10.5 Å². The number of hydrogen-bond acceptors (Lipinski definition) is 3. The number of ether oxygens (including phenoxy) is 1. The van der Waals surface area contributed by atoms with E-state index in [0.717, 1.165) is 6.42 Å². The minimum absolute atomic E-state index is 0.165. The molecular formula is C11H19NO3. The van der Waals surface area contributed by atoms with Gasteiger partial charge in [0.1, 0.15) is 0 Å². The van der Waals surface area contributed by atoms with Crippen LogP contribution in [0.25, 0.3) is 0 Å². The summed E-state index contributed by atoms with van der Waals surface area (Å²) in [7, 11) is 0. The van der Waals surface area contributed by atoms with Crippen LogP contribution in [-0.2, 0) is 14.3 Å². The molecule has 1 unspecified atom stereocenters. The van der Waals surface area contributed by atoms with Gasteiger partial charge in [0.05, 0.1) is 5.92 Å². The van der Waals surface area contributed by atoms with Gasteiger partial charge >= 0.3 is 5.97 Å².